The van der Waals surface area contributed by atoms with Crippen LogP contribution >= 0.6 is 11.8 Å². The Kier molecular flexibility index (Phi) is 6.15. The molecule has 1 fully saturated rings. The molecule has 0 spiro atoms. The average Bonchev–Trinajstić information content (AvgIpc) is 3.48. The molecule has 0 bridgehead atoms. The largest absolute Gasteiger partial charge is 0.497 e. The van der Waals surface area contributed by atoms with E-state index in [1.165, 1.54) is 11.8 Å². The molecule has 0 aliphatic carbocycles. The van der Waals surface area contributed by atoms with Crippen LogP contribution in [0, 0.1) is 6.92 Å². The number of aryl methyl sites for hydroxylation is 1. The fourth-order valence-electron chi connectivity index (χ4n) is 4.08. The van der Waals surface area contributed by atoms with Gasteiger partial charge in [-0.1, -0.05) is 17.8 Å². The minimum Gasteiger partial charge on any atom is -0.497 e. The van der Waals surface area contributed by atoms with Crippen molar-refractivity contribution in [1.82, 2.24) is 24.1 Å². The molecule has 5 rings (SSSR count). The molecule has 9 heteroatoms. The number of thioether (sulfide) groups is 1. The Morgan fingerprint density at radius 1 is 1.18 bits per heavy atom. The monoisotopic (exact) mass is 463 g/mol. The van der Waals surface area contributed by atoms with Gasteiger partial charge in [0.2, 0.25) is 0 Å². The van der Waals surface area contributed by atoms with Crippen LogP contribution in [0.15, 0.2) is 58.5 Å². The molecule has 1 aliphatic heterocycles. The van der Waals surface area contributed by atoms with Crippen molar-refractivity contribution in [2.75, 3.05) is 13.7 Å². The van der Waals surface area contributed by atoms with Gasteiger partial charge in [-0.25, -0.2) is 4.98 Å². The second-order valence-electron chi connectivity index (χ2n) is 8.02. The quantitative estimate of drug-likeness (QED) is 0.386. The molecular formula is C24H25N5O3S. The first-order chi connectivity index (χ1) is 16.1. The maximum Gasteiger partial charge on any atom is 0.258 e. The van der Waals surface area contributed by atoms with Crippen LogP contribution in [0.3, 0.4) is 0 Å². The zero-order valence-electron chi connectivity index (χ0n) is 18.6. The molecule has 8 nitrogen and oxygen atoms in total. The van der Waals surface area contributed by atoms with E-state index in [0.717, 1.165) is 47.4 Å². The molecule has 0 radical (unpaired) electrons. The highest BCUT2D eigenvalue weighted by Gasteiger charge is 2.22. The van der Waals surface area contributed by atoms with Crippen LogP contribution in [-0.4, -0.2) is 44.0 Å². The highest BCUT2D eigenvalue weighted by Crippen LogP contribution is 2.29. The summed E-state index contributed by atoms with van der Waals surface area (Å²) in [7, 11) is 1.65. The van der Waals surface area contributed by atoms with E-state index in [-0.39, 0.29) is 11.7 Å². The predicted molar refractivity (Wildman–Crippen MR) is 127 cm³/mol. The molecule has 1 aliphatic rings. The third kappa shape index (κ3) is 4.51. The molecule has 0 saturated carbocycles. The average molecular weight is 464 g/mol. The Labute approximate surface area is 195 Å². The first kappa shape index (κ1) is 21.7. The van der Waals surface area contributed by atoms with Gasteiger partial charge in [-0.3, -0.25) is 13.8 Å². The van der Waals surface area contributed by atoms with E-state index in [9.17, 15) is 4.79 Å². The molecule has 0 amide bonds. The summed E-state index contributed by atoms with van der Waals surface area (Å²) in [5, 5.41) is 9.73. The summed E-state index contributed by atoms with van der Waals surface area (Å²) in [6, 6.07) is 15.1. The van der Waals surface area contributed by atoms with Crippen molar-refractivity contribution >= 4 is 17.4 Å². The van der Waals surface area contributed by atoms with E-state index in [2.05, 4.69) is 19.7 Å². The zero-order chi connectivity index (χ0) is 22.8. The van der Waals surface area contributed by atoms with Crippen LogP contribution < -0.4 is 10.3 Å². The highest BCUT2D eigenvalue weighted by molar-refractivity contribution is 7.98. The van der Waals surface area contributed by atoms with Crippen LogP contribution in [0.1, 0.15) is 24.2 Å². The van der Waals surface area contributed by atoms with Crippen molar-refractivity contribution in [3.05, 3.63) is 70.3 Å². The Hall–Kier alpha value is -3.17. The van der Waals surface area contributed by atoms with Gasteiger partial charge in [0, 0.05) is 29.7 Å². The molecule has 4 aromatic rings. The maximum atomic E-state index is 12.6. The number of benzene rings is 1. The topological polar surface area (TPSA) is 83.5 Å². The number of methoxy groups -OCH3 is 1. The maximum absolute atomic E-state index is 12.6. The van der Waals surface area contributed by atoms with Gasteiger partial charge in [0.25, 0.3) is 5.56 Å². The normalized spacial score (nSPS) is 15.9. The third-order valence-electron chi connectivity index (χ3n) is 5.76. The zero-order valence-corrected chi connectivity index (χ0v) is 19.4. The minimum atomic E-state index is -0.0755. The second kappa shape index (κ2) is 9.36. The summed E-state index contributed by atoms with van der Waals surface area (Å²) in [6.45, 7) is 3.37. The van der Waals surface area contributed by atoms with Crippen molar-refractivity contribution < 1.29 is 9.47 Å². The lowest BCUT2D eigenvalue weighted by Gasteiger charge is -2.15. The molecule has 1 unspecified atom stereocenters. The van der Waals surface area contributed by atoms with Crippen LogP contribution in [0.4, 0.5) is 0 Å². The van der Waals surface area contributed by atoms with Crippen LogP contribution in [-0.2, 0) is 17.0 Å². The molecule has 4 heterocycles. The van der Waals surface area contributed by atoms with Gasteiger partial charge in [-0.15, -0.1) is 10.2 Å². The fourth-order valence-corrected chi connectivity index (χ4v) is 4.92. The Morgan fingerprint density at radius 3 is 2.79 bits per heavy atom. The van der Waals surface area contributed by atoms with Gasteiger partial charge >= 0.3 is 0 Å². The SMILES string of the molecule is COc1ccc(-c2nnc(SCc3cc(=O)n4c(C)cccc4n3)n2CC2CCCO2)cc1. The highest BCUT2D eigenvalue weighted by atomic mass is 32.2. The van der Waals surface area contributed by atoms with Crippen molar-refractivity contribution in [2.45, 2.75) is 43.3 Å². The van der Waals surface area contributed by atoms with Gasteiger partial charge < -0.3 is 9.47 Å². The van der Waals surface area contributed by atoms with Crippen molar-refractivity contribution in [3.8, 4) is 17.1 Å². The first-order valence-corrected chi connectivity index (χ1v) is 11.9. The fraction of sp³-hybridized carbons (Fsp3) is 0.333. The van der Waals surface area contributed by atoms with Gasteiger partial charge in [-0.2, -0.15) is 0 Å². The lowest BCUT2D eigenvalue weighted by atomic mass is 10.2. The van der Waals surface area contributed by atoms with Gasteiger partial charge in [-0.05, 0) is 56.2 Å². The van der Waals surface area contributed by atoms with Crippen molar-refractivity contribution in [2.24, 2.45) is 0 Å². The minimum absolute atomic E-state index is 0.0755. The summed E-state index contributed by atoms with van der Waals surface area (Å²) in [6.07, 6.45) is 2.23. The molecule has 1 saturated heterocycles. The van der Waals surface area contributed by atoms with Crippen LogP contribution in [0.5, 0.6) is 5.75 Å². The molecule has 1 aromatic carbocycles. The Bertz CT molecular complexity index is 1330. The third-order valence-corrected chi connectivity index (χ3v) is 6.76. The standard InChI is InChI=1S/C24H25N5O3S/c1-16-5-3-7-21-25-18(13-22(30)29(16)21)15-33-24-27-26-23(17-8-10-19(31-2)11-9-17)28(24)14-20-6-4-12-32-20/h3,5,7-11,13,20H,4,6,12,14-15H2,1-2H3. The van der Waals surface area contributed by atoms with Crippen LogP contribution in [0.25, 0.3) is 17.0 Å². The molecule has 0 N–H and O–H groups in total. The number of hydrogen-bond acceptors (Lipinski definition) is 7. The number of pyridine rings is 1. The smallest absolute Gasteiger partial charge is 0.258 e. The second-order valence-corrected chi connectivity index (χ2v) is 8.96. The van der Waals surface area contributed by atoms with E-state index in [1.54, 1.807) is 17.6 Å². The summed E-state index contributed by atoms with van der Waals surface area (Å²) < 4.78 is 14.9. The van der Waals surface area contributed by atoms with E-state index >= 15 is 0 Å². The van der Waals surface area contributed by atoms with E-state index in [0.29, 0.717) is 23.6 Å². The lowest BCUT2D eigenvalue weighted by molar-refractivity contribution is 0.0953. The van der Waals surface area contributed by atoms with Gasteiger partial charge in [0.05, 0.1) is 25.5 Å². The number of ether oxygens (including phenoxy) is 2. The van der Waals surface area contributed by atoms with Crippen LogP contribution in [0.2, 0.25) is 0 Å². The summed E-state index contributed by atoms with van der Waals surface area (Å²) in [5.41, 5.74) is 3.12. The molecule has 1 atom stereocenters. The molecule has 170 valence electrons. The number of aromatic nitrogens is 5. The number of rotatable bonds is 7. The summed E-state index contributed by atoms with van der Waals surface area (Å²) in [5.74, 6) is 2.10. The lowest BCUT2D eigenvalue weighted by Crippen LogP contribution is -2.18. The number of nitrogens with zero attached hydrogens (tertiary/aromatic N) is 5. The molecular weight excluding hydrogens is 438 g/mol. The molecule has 3 aromatic heterocycles. The van der Waals surface area contributed by atoms with E-state index in [1.807, 2.05) is 49.4 Å². The summed E-state index contributed by atoms with van der Waals surface area (Å²) >= 11 is 1.53. The predicted octanol–water partition coefficient (Wildman–Crippen LogP) is 3.74. The number of fused-ring (bicyclic) bond motifs is 1. The van der Waals surface area contributed by atoms with Crippen molar-refractivity contribution in [1.29, 1.82) is 0 Å². The molecule has 33 heavy (non-hydrogen) atoms. The van der Waals surface area contributed by atoms with Crippen molar-refractivity contribution in [3.63, 3.8) is 0 Å². The van der Waals surface area contributed by atoms with E-state index in [4.69, 9.17) is 9.47 Å². The Balaban J connectivity index is 1.44. The Morgan fingerprint density at radius 2 is 2.03 bits per heavy atom. The number of hydrogen-bond donors (Lipinski definition) is 0. The van der Waals surface area contributed by atoms with Gasteiger partial charge in [0.1, 0.15) is 11.4 Å². The van der Waals surface area contributed by atoms with E-state index < -0.39 is 0 Å². The van der Waals surface area contributed by atoms with Gasteiger partial charge in [0.15, 0.2) is 11.0 Å². The summed E-state index contributed by atoms with van der Waals surface area (Å²) in [4.78, 5) is 17.3. The first-order valence-electron chi connectivity index (χ1n) is 10.9.